The van der Waals surface area contributed by atoms with Gasteiger partial charge in [-0.25, -0.2) is 0 Å². The number of ether oxygens (including phenoxy) is 1. The molecule has 0 radical (unpaired) electrons. The Balaban J connectivity index is 1.71. The number of thiazole rings is 1. The molecule has 1 unspecified atom stereocenters. The molecule has 1 N–H and O–H groups in total. The number of rotatable bonds is 5. The van der Waals surface area contributed by atoms with E-state index in [1.165, 1.54) is 15.7 Å². The summed E-state index contributed by atoms with van der Waals surface area (Å²) in [6.07, 6.45) is 1.68. The van der Waals surface area contributed by atoms with Crippen molar-refractivity contribution in [1.29, 1.82) is 0 Å². The van der Waals surface area contributed by atoms with Gasteiger partial charge in [0, 0.05) is 25.0 Å². The number of hydrogen-bond donors (Lipinski definition) is 1. The lowest BCUT2D eigenvalue weighted by atomic mass is 10.2. The van der Waals surface area contributed by atoms with Crippen molar-refractivity contribution in [3.63, 3.8) is 0 Å². The van der Waals surface area contributed by atoms with Gasteiger partial charge in [0.25, 0.3) is 4.96 Å². The molecule has 114 valence electrons. The minimum absolute atomic E-state index is 0.0191. The summed E-state index contributed by atoms with van der Waals surface area (Å²) in [5.74, 6) is 0.290. The van der Waals surface area contributed by atoms with Gasteiger partial charge in [-0.05, 0) is 11.5 Å². The van der Waals surface area contributed by atoms with Gasteiger partial charge in [-0.15, -0.1) is 0 Å². The summed E-state index contributed by atoms with van der Waals surface area (Å²) in [6, 6.07) is 0. The second-order valence-electron chi connectivity index (χ2n) is 4.86. The fourth-order valence-electron chi connectivity index (χ4n) is 2.47. The average Bonchev–Trinajstić information content (AvgIpc) is 3.05. The van der Waals surface area contributed by atoms with Crippen LogP contribution in [0, 0.1) is 10.1 Å². The molecule has 0 saturated carbocycles. The second kappa shape index (κ2) is 5.96. The van der Waals surface area contributed by atoms with E-state index >= 15 is 0 Å². The molecule has 0 spiro atoms. The average molecular weight is 311 g/mol. The van der Waals surface area contributed by atoms with Gasteiger partial charge in [-0.1, -0.05) is 18.3 Å². The third kappa shape index (κ3) is 2.85. The molecule has 0 aromatic carbocycles. The largest absolute Gasteiger partial charge is 0.374 e. The maximum Gasteiger partial charge on any atom is 0.372 e. The zero-order valence-corrected chi connectivity index (χ0v) is 12.5. The quantitative estimate of drug-likeness (QED) is 0.664. The normalized spacial score (nSPS) is 20.0. The molecule has 8 nitrogen and oxygen atoms in total. The zero-order chi connectivity index (χ0) is 14.8. The maximum atomic E-state index is 11.2. The number of nitrogens with zero attached hydrogens (tertiary/aromatic N) is 4. The summed E-state index contributed by atoms with van der Waals surface area (Å²) in [5, 5.41) is 16.1. The molecule has 1 aliphatic rings. The molecular weight excluding hydrogens is 294 g/mol. The van der Waals surface area contributed by atoms with E-state index in [-0.39, 0.29) is 11.9 Å². The van der Waals surface area contributed by atoms with Gasteiger partial charge in [0.2, 0.25) is 5.82 Å². The number of aromatic nitrogens is 2. The van der Waals surface area contributed by atoms with Crippen LogP contribution in [0.5, 0.6) is 0 Å². The minimum Gasteiger partial charge on any atom is -0.374 e. The van der Waals surface area contributed by atoms with Gasteiger partial charge in [0.05, 0.1) is 12.7 Å². The van der Waals surface area contributed by atoms with E-state index in [1.807, 2.05) is 0 Å². The summed E-state index contributed by atoms with van der Waals surface area (Å²) < 4.78 is 7.17. The van der Waals surface area contributed by atoms with E-state index in [0.717, 1.165) is 19.6 Å². The molecule has 0 amide bonds. The lowest BCUT2D eigenvalue weighted by molar-refractivity contribution is -0.389. The smallest absolute Gasteiger partial charge is 0.372 e. The van der Waals surface area contributed by atoms with Crippen molar-refractivity contribution in [2.75, 3.05) is 38.1 Å². The number of hydrogen-bond acceptors (Lipinski definition) is 7. The van der Waals surface area contributed by atoms with Crippen molar-refractivity contribution in [1.82, 2.24) is 14.3 Å². The third-order valence-electron chi connectivity index (χ3n) is 3.58. The summed E-state index contributed by atoms with van der Waals surface area (Å²) in [5.41, 5.74) is 0. The number of imidazole rings is 1. The number of nitro groups is 1. The van der Waals surface area contributed by atoms with Gasteiger partial charge in [0.1, 0.15) is 6.20 Å². The molecule has 1 aliphatic heterocycles. The Morgan fingerprint density at radius 2 is 2.52 bits per heavy atom. The SMILES string of the molecule is CCN1CCOC(CNc2nc3sccn3c2[N+](=O)[O-])C1. The van der Waals surface area contributed by atoms with Gasteiger partial charge < -0.3 is 20.2 Å². The summed E-state index contributed by atoms with van der Waals surface area (Å²) in [6.45, 7) is 6.08. The van der Waals surface area contributed by atoms with Crippen LogP contribution < -0.4 is 5.32 Å². The van der Waals surface area contributed by atoms with Crippen LogP contribution in [-0.2, 0) is 4.74 Å². The monoisotopic (exact) mass is 311 g/mol. The van der Waals surface area contributed by atoms with Gasteiger partial charge in [-0.3, -0.25) is 4.90 Å². The molecule has 9 heteroatoms. The first-order valence-electron chi connectivity index (χ1n) is 6.86. The van der Waals surface area contributed by atoms with Crippen molar-refractivity contribution < 1.29 is 9.66 Å². The number of fused-ring (bicyclic) bond motifs is 1. The van der Waals surface area contributed by atoms with Gasteiger partial charge in [0.15, 0.2) is 0 Å². The highest BCUT2D eigenvalue weighted by atomic mass is 32.1. The van der Waals surface area contributed by atoms with Crippen molar-refractivity contribution in [3.05, 3.63) is 21.7 Å². The summed E-state index contributed by atoms with van der Waals surface area (Å²) >= 11 is 1.37. The van der Waals surface area contributed by atoms with Crippen molar-refractivity contribution in [2.24, 2.45) is 0 Å². The van der Waals surface area contributed by atoms with E-state index in [9.17, 15) is 10.1 Å². The van der Waals surface area contributed by atoms with E-state index < -0.39 is 4.92 Å². The van der Waals surface area contributed by atoms with Crippen LogP contribution in [0.1, 0.15) is 6.92 Å². The lowest BCUT2D eigenvalue weighted by Gasteiger charge is -2.32. The first kappa shape index (κ1) is 14.2. The first-order valence-corrected chi connectivity index (χ1v) is 7.74. The molecular formula is C12H17N5O3S. The van der Waals surface area contributed by atoms with E-state index in [1.54, 1.807) is 11.6 Å². The molecule has 21 heavy (non-hydrogen) atoms. The Hall–Kier alpha value is -1.71. The van der Waals surface area contributed by atoms with Crippen LogP contribution in [0.2, 0.25) is 0 Å². The Morgan fingerprint density at radius 3 is 3.29 bits per heavy atom. The molecule has 2 aromatic heterocycles. The number of morpholine rings is 1. The Bertz CT molecular complexity index is 640. The van der Waals surface area contributed by atoms with Crippen molar-refractivity contribution in [3.8, 4) is 0 Å². The molecule has 3 rings (SSSR count). The fourth-order valence-corrected chi connectivity index (χ4v) is 3.18. The van der Waals surface area contributed by atoms with Gasteiger partial charge >= 0.3 is 5.82 Å². The van der Waals surface area contributed by atoms with Crippen molar-refractivity contribution >= 4 is 27.9 Å². The highest BCUT2D eigenvalue weighted by Crippen LogP contribution is 2.28. The minimum atomic E-state index is -0.408. The maximum absolute atomic E-state index is 11.2. The van der Waals surface area contributed by atoms with Crippen molar-refractivity contribution in [2.45, 2.75) is 13.0 Å². The van der Waals surface area contributed by atoms with Gasteiger partial charge in [-0.2, -0.15) is 9.38 Å². The number of anilines is 1. The number of likely N-dealkylation sites (N-methyl/N-ethyl adjacent to an activating group) is 1. The Kier molecular flexibility index (Phi) is 4.04. The predicted octanol–water partition coefficient (Wildman–Crippen LogP) is 1.44. The molecule has 1 atom stereocenters. The molecule has 1 fully saturated rings. The standard InChI is InChI=1S/C12H17N5O3S/c1-2-15-3-5-20-9(8-15)7-13-10-11(17(18)19)16-4-6-21-12(16)14-10/h4,6,9,13H,2-3,5,7-8H2,1H3. The highest BCUT2D eigenvalue weighted by molar-refractivity contribution is 7.15. The van der Waals surface area contributed by atoms with Crippen LogP contribution in [0.15, 0.2) is 11.6 Å². The highest BCUT2D eigenvalue weighted by Gasteiger charge is 2.25. The number of nitrogens with one attached hydrogen (secondary N) is 1. The van der Waals surface area contributed by atoms with Crippen LogP contribution in [0.3, 0.4) is 0 Å². The van der Waals surface area contributed by atoms with Crippen LogP contribution >= 0.6 is 11.3 Å². The van der Waals surface area contributed by atoms with Crippen LogP contribution in [-0.4, -0.2) is 58.1 Å². The molecule has 0 aliphatic carbocycles. The van der Waals surface area contributed by atoms with E-state index in [4.69, 9.17) is 4.74 Å². The molecule has 2 aromatic rings. The van der Waals surface area contributed by atoms with E-state index in [0.29, 0.717) is 23.9 Å². The zero-order valence-electron chi connectivity index (χ0n) is 11.7. The molecule has 3 heterocycles. The Morgan fingerprint density at radius 1 is 1.67 bits per heavy atom. The summed E-state index contributed by atoms with van der Waals surface area (Å²) in [7, 11) is 0. The lowest BCUT2D eigenvalue weighted by Crippen LogP contribution is -2.45. The molecule has 1 saturated heterocycles. The van der Waals surface area contributed by atoms with Crippen LogP contribution in [0.25, 0.3) is 4.96 Å². The predicted molar refractivity (Wildman–Crippen MR) is 80.1 cm³/mol. The fraction of sp³-hybridized carbons (Fsp3) is 0.583. The second-order valence-corrected chi connectivity index (χ2v) is 5.74. The summed E-state index contributed by atoms with van der Waals surface area (Å²) in [4.78, 5) is 18.0. The first-order chi connectivity index (χ1) is 10.2. The third-order valence-corrected chi connectivity index (χ3v) is 4.33. The Labute approximate surface area is 125 Å². The van der Waals surface area contributed by atoms with E-state index in [2.05, 4.69) is 22.1 Å². The molecule has 0 bridgehead atoms. The van der Waals surface area contributed by atoms with Crippen LogP contribution in [0.4, 0.5) is 11.6 Å². The topological polar surface area (TPSA) is 84.9 Å².